The van der Waals surface area contributed by atoms with E-state index in [1.807, 2.05) is 20.8 Å². The van der Waals surface area contributed by atoms with Crippen LogP contribution >= 0.6 is 0 Å². The van der Waals surface area contributed by atoms with E-state index in [0.29, 0.717) is 32.7 Å². The first-order valence-electron chi connectivity index (χ1n) is 10.2. The van der Waals surface area contributed by atoms with Crippen LogP contribution in [0.4, 0.5) is 4.79 Å². The molecule has 0 N–H and O–H groups in total. The zero-order valence-electron chi connectivity index (χ0n) is 16.7. The Kier molecular flexibility index (Phi) is 6.09. The van der Waals surface area contributed by atoms with Gasteiger partial charge in [-0.25, -0.2) is 9.78 Å². The maximum absolute atomic E-state index is 12.9. The number of amides is 3. The monoisotopic (exact) mass is 396 g/mol. The van der Waals surface area contributed by atoms with E-state index in [2.05, 4.69) is 34.1 Å². The van der Waals surface area contributed by atoms with Gasteiger partial charge in [-0.3, -0.25) is 9.69 Å². The average Bonchev–Trinajstić information content (AvgIpc) is 3.28. The smallest absolute Gasteiger partial charge is 0.320 e. The SMILES string of the molecule is O=C(Cn1ccnc1)N1CCN(C(=O)N2CCN(Cc3ccccc3)CC2)CC1. The van der Waals surface area contributed by atoms with E-state index in [9.17, 15) is 9.59 Å². The number of hydrogen-bond acceptors (Lipinski definition) is 4. The normalized spacial score (nSPS) is 18.1. The number of hydrogen-bond donors (Lipinski definition) is 0. The summed E-state index contributed by atoms with van der Waals surface area (Å²) in [6.07, 6.45) is 5.10. The van der Waals surface area contributed by atoms with Gasteiger partial charge in [0.2, 0.25) is 5.91 Å². The predicted octanol–water partition coefficient (Wildman–Crippen LogP) is 0.965. The highest BCUT2D eigenvalue weighted by atomic mass is 16.2. The molecule has 8 heteroatoms. The summed E-state index contributed by atoms with van der Waals surface area (Å²) in [6.45, 7) is 6.90. The average molecular weight is 396 g/mol. The van der Waals surface area contributed by atoms with Crippen LogP contribution in [0.3, 0.4) is 0 Å². The lowest BCUT2D eigenvalue weighted by Crippen LogP contribution is -2.57. The first kappa shape index (κ1) is 19.4. The van der Waals surface area contributed by atoms with Gasteiger partial charge in [-0.1, -0.05) is 30.3 Å². The van der Waals surface area contributed by atoms with Crippen molar-refractivity contribution in [2.75, 3.05) is 52.4 Å². The number of piperazine rings is 2. The molecule has 1 aromatic heterocycles. The lowest BCUT2D eigenvalue weighted by molar-refractivity contribution is -0.133. The van der Waals surface area contributed by atoms with Crippen LogP contribution in [0.2, 0.25) is 0 Å². The molecule has 3 heterocycles. The van der Waals surface area contributed by atoms with Gasteiger partial charge in [0.1, 0.15) is 6.54 Å². The number of aromatic nitrogens is 2. The molecular formula is C21H28N6O2. The Balaban J connectivity index is 1.20. The first-order valence-corrected chi connectivity index (χ1v) is 10.2. The van der Waals surface area contributed by atoms with Crippen LogP contribution < -0.4 is 0 Å². The molecule has 0 spiro atoms. The highest BCUT2D eigenvalue weighted by Crippen LogP contribution is 2.12. The highest BCUT2D eigenvalue weighted by molar-refractivity contribution is 5.77. The Morgan fingerprint density at radius 1 is 0.828 bits per heavy atom. The third kappa shape index (κ3) is 4.95. The van der Waals surface area contributed by atoms with Crippen molar-refractivity contribution in [1.29, 1.82) is 0 Å². The van der Waals surface area contributed by atoms with Crippen molar-refractivity contribution in [1.82, 2.24) is 29.2 Å². The number of carbonyl (C=O) groups is 2. The van der Waals surface area contributed by atoms with Crippen molar-refractivity contribution in [2.45, 2.75) is 13.1 Å². The molecule has 2 aromatic rings. The summed E-state index contributed by atoms with van der Waals surface area (Å²) in [7, 11) is 0. The Morgan fingerprint density at radius 3 is 2.07 bits per heavy atom. The van der Waals surface area contributed by atoms with Crippen molar-refractivity contribution in [2.24, 2.45) is 0 Å². The third-order valence-electron chi connectivity index (χ3n) is 5.67. The van der Waals surface area contributed by atoms with Gasteiger partial charge in [0, 0.05) is 71.3 Å². The van der Waals surface area contributed by atoms with E-state index in [0.717, 1.165) is 32.7 Å². The topological polar surface area (TPSA) is 64.9 Å². The summed E-state index contributed by atoms with van der Waals surface area (Å²) >= 11 is 0. The molecule has 0 bridgehead atoms. The van der Waals surface area contributed by atoms with Crippen LogP contribution in [0.5, 0.6) is 0 Å². The molecule has 8 nitrogen and oxygen atoms in total. The fourth-order valence-corrected chi connectivity index (χ4v) is 3.92. The summed E-state index contributed by atoms with van der Waals surface area (Å²) in [4.78, 5) is 37.3. The molecule has 2 aliphatic rings. The van der Waals surface area contributed by atoms with Crippen LogP contribution in [-0.4, -0.2) is 93.4 Å². The lowest BCUT2D eigenvalue weighted by Gasteiger charge is -2.40. The molecule has 154 valence electrons. The largest absolute Gasteiger partial charge is 0.338 e. The van der Waals surface area contributed by atoms with Crippen LogP contribution in [0.15, 0.2) is 49.1 Å². The second kappa shape index (κ2) is 9.09. The second-order valence-corrected chi connectivity index (χ2v) is 7.63. The standard InChI is InChI=1S/C21H28N6O2/c28-20(17-24-7-6-22-18-24)25-12-14-27(15-13-25)21(29)26-10-8-23(9-11-26)16-19-4-2-1-3-5-19/h1-7,18H,8-17H2. The minimum Gasteiger partial charge on any atom is -0.338 e. The maximum atomic E-state index is 12.9. The number of nitrogens with zero attached hydrogens (tertiary/aromatic N) is 6. The lowest BCUT2D eigenvalue weighted by atomic mass is 10.2. The first-order chi connectivity index (χ1) is 14.2. The Labute approximate surface area is 171 Å². The van der Waals surface area contributed by atoms with E-state index in [4.69, 9.17) is 0 Å². The van der Waals surface area contributed by atoms with Gasteiger partial charge in [-0.15, -0.1) is 0 Å². The molecule has 2 aliphatic heterocycles. The summed E-state index contributed by atoms with van der Waals surface area (Å²) in [6, 6.07) is 10.6. The van der Waals surface area contributed by atoms with E-state index in [1.165, 1.54) is 5.56 Å². The van der Waals surface area contributed by atoms with Gasteiger partial charge in [0.05, 0.1) is 6.33 Å². The molecule has 2 saturated heterocycles. The zero-order valence-corrected chi connectivity index (χ0v) is 16.7. The van der Waals surface area contributed by atoms with Gasteiger partial charge >= 0.3 is 6.03 Å². The number of benzene rings is 1. The Morgan fingerprint density at radius 2 is 1.45 bits per heavy atom. The van der Waals surface area contributed by atoms with Gasteiger partial charge in [-0.05, 0) is 5.56 Å². The molecule has 29 heavy (non-hydrogen) atoms. The van der Waals surface area contributed by atoms with Crippen molar-refractivity contribution < 1.29 is 9.59 Å². The number of rotatable bonds is 4. The van der Waals surface area contributed by atoms with Crippen molar-refractivity contribution in [3.8, 4) is 0 Å². The Bertz CT molecular complexity index is 794. The molecule has 0 unspecified atom stereocenters. The van der Waals surface area contributed by atoms with Gasteiger partial charge in [0.25, 0.3) is 0 Å². The zero-order chi connectivity index (χ0) is 20.1. The van der Waals surface area contributed by atoms with Crippen molar-refractivity contribution >= 4 is 11.9 Å². The van der Waals surface area contributed by atoms with Gasteiger partial charge < -0.3 is 19.3 Å². The van der Waals surface area contributed by atoms with Crippen LogP contribution in [0, 0.1) is 0 Å². The summed E-state index contributed by atoms with van der Waals surface area (Å²) in [5.41, 5.74) is 1.31. The van der Waals surface area contributed by atoms with Crippen molar-refractivity contribution in [3.63, 3.8) is 0 Å². The molecule has 1 aromatic carbocycles. The predicted molar refractivity (Wildman–Crippen MR) is 109 cm³/mol. The molecule has 3 amide bonds. The minimum absolute atomic E-state index is 0.0737. The fraction of sp³-hybridized carbons (Fsp3) is 0.476. The highest BCUT2D eigenvalue weighted by Gasteiger charge is 2.29. The summed E-state index contributed by atoms with van der Waals surface area (Å²) in [5, 5.41) is 0. The molecule has 4 rings (SSSR count). The van der Waals surface area contributed by atoms with Crippen molar-refractivity contribution in [3.05, 3.63) is 54.6 Å². The molecule has 0 saturated carbocycles. The summed E-state index contributed by atoms with van der Waals surface area (Å²) < 4.78 is 1.77. The second-order valence-electron chi connectivity index (χ2n) is 7.63. The molecule has 2 fully saturated rings. The number of imidazole rings is 1. The molecule has 0 aliphatic carbocycles. The minimum atomic E-state index is 0.0737. The molecule has 0 atom stereocenters. The van der Waals surface area contributed by atoms with Gasteiger partial charge in [-0.2, -0.15) is 0 Å². The van der Waals surface area contributed by atoms with E-state index in [-0.39, 0.29) is 11.9 Å². The van der Waals surface area contributed by atoms with E-state index >= 15 is 0 Å². The Hall–Kier alpha value is -2.87. The molecule has 0 radical (unpaired) electrons. The summed E-state index contributed by atoms with van der Waals surface area (Å²) in [5.74, 6) is 0.0737. The third-order valence-corrected chi connectivity index (χ3v) is 5.67. The fourth-order valence-electron chi connectivity index (χ4n) is 3.92. The number of carbonyl (C=O) groups excluding carboxylic acids is 2. The van der Waals surface area contributed by atoms with Crippen LogP contribution in [0.1, 0.15) is 5.56 Å². The maximum Gasteiger partial charge on any atom is 0.320 e. The number of urea groups is 1. The van der Waals surface area contributed by atoms with Crippen LogP contribution in [0.25, 0.3) is 0 Å². The quantitative estimate of drug-likeness (QED) is 0.772. The van der Waals surface area contributed by atoms with E-state index < -0.39 is 0 Å². The van der Waals surface area contributed by atoms with E-state index in [1.54, 1.807) is 23.3 Å². The van der Waals surface area contributed by atoms with Gasteiger partial charge in [0.15, 0.2) is 0 Å². The van der Waals surface area contributed by atoms with Crippen LogP contribution in [-0.2, 0) is 17.9 Å². The molecular weight excluding hydrogens is 368 g/mol.